The Hall–Kier alpha value is -2.57. The SMILES string of the molecule is CCNC(=O)NC(=O)[C@H](C)Nc1cccc(NC(C)=O)c1. The van der Waals surface area contributed by atoms with Gasteiger partial charge in [-0.1, -0.05) is 6.07 Å². The topological polar surface area (TPSA) is 99.3 Å². The predicted octanol–water partition coefficient (Wildman–Crippen LogP) is 1.29. The van der Waals surface area contributed by atoms with Crippen LogP contribution in [0.3, 0.4) is 0 Å². The summed E-state index contributed by atoms with van der Waals surface area (Å²) in [5, 5.41) is 10.3. The maximum Gasteiger partial charge on any atom is 0.321 e. The lowest BCUT2D eigenvalue weighted by Gasteiger charge is -2.15. The Kier molecular flexibility index (Phi) is 6.19. The Morgan fingerprint density at radius 2 is 1.86 bits per heavy atom. The molecule has 0 aromatic heterocycles. The summed E-state index contributed by atoms with van der Waals surface area (Å²) in [4.78, 5) is 34.1. The summed E-state index contributed by atoms with van der Waals surface area (Å²) in [6.07, 6.45) is 0. The summed E-state index contributed by atoms with van der Waals surface area (Å²) in [5.41, 5.74) is 1.30. The van der Waals surface area contributed by atoms with Gasteiger partial charge in [-0.25, -0.2) is 4.79 Å². The van der Waals surface area contributed by atoms with E-state index in [1.807, 2.05) is 0 Å². The Bertz CT molecular complexity index is 531. The first kappa shape index (κ1) is 16.5. The summed E-state index contributed by atoms with van der Waals surface area (Å²) >= 11 is 0. The van der Waals surface area contributed by atoms with Gasteiger partial charge in [-0.15, -0.1) is 0 Å². The maximum atomic E-state index is 11.8. The van der Waals surface area contributed by atoms with Crippen LogP contribution in [-0.4, -0.2) is 30.4 Å². The van der Waals surface area contributed by atoms with Crippen molar-refractivity contribution in [3.8, 4) is 0 Å². The second-order valence-corrected chi connectivity index (χ2v) is 4.48. The first-order valence-electron chi connectivity index (χ1n) is 6.65. The number of hydrogen-bond acceptors (Lipinski definition) is 4. The lowest BCUT2D eigenvalue weighted by atomic mass is 10.2. The highest BCUT2D eigenvalue weighted by molar-refractivity contribution is 5.98. The molecule has 0 aliphatic rings. The van der Waals surface area contributed by atoms with Crippen LogP contribution in [0.1, 0.15) is 20.8 Å². The van der Waals surface area contributed by atoms with Gasteiger partial charge in [0.05, 0.1) is 0 Å². The fourth-order valence-electron chi connectivity index (χ4n) is 1.63. The zero-order valence-corrected chi connectivity index (χ0v) is 12.3. The summed E-state index contributed by atoms with van der Waals surface area (Å²) in [6, 6.07) is 5.84. The van der Waals surface area contributed by atoms with Crippen molar-refractivity contribution in [2.45, 2.75) is 26.8 Å². The van der Waals surface area contributed by atoms with Crippen LogP contribution in [-0.2, 0) is 9.59 Å². The van der Waals surface area contributed by atoms with Gasteiger partial charge < -0.3 is 16.0 Å². The van der Waals surface area contributed by atoms with Crippen molar-refractivity contribution in [3.63, 3.8) is 0 Å². The molecule has 7 heteroatoms. The van der Waals surface area contributed by atoms with Crippen molar-refractivity contribution >= 4 is 29.2 Å². The number of nitrogens with one attached hydrogen (secondary N) is 4. The Labute approximate surface area is 123 Å². The van der Waals surface area contributed by atoms with E-state index in [1.54, 1.807) is 38.1 Å². The molecule has 4 N–H and O–H groups in total. The number of carbonyl (C=O) groups excluding carboxylic acids is 3. The largest absolute Gasteiger partial charge is 0.374 e. The molecule has 7 nitrogen and oxygen atoms in total. The highest BCUT2D eigenvalue weighted by Gasteiger charge is 2.15. The zero-order valence-electron chi connectivity index (χ0n) is 12.3. The van der Waals surface area contributed by atoms with Gasteiger partial charge >= 0.3 is 6.03 Å². The van der Waals surface area contributed by atoms with Gasteiger partial charge in [0.25, 0.3) is 0 Å². The molecule has 0 saturated carbocycles. The molecule has 114 valence electrons. The van der Waals surface area contributed by atoms with Crippen LogP contribution < -0.4 is 21.3 Å². The molecule has 21 heavy (non-hydrogen) atoms. The van der Waals surface area contributed by atoms with E-state index in [0.717, 1.165) is 0 Å². The average molecular weight is 292 g/mol. The number of anilines is 2. The number of hydrogen-bond donors (Lipinski definition) is 4. The van der Waals surface area contributed by atoms with E-state index >= 15 is 0 Å². The average Bonchev–Trinajstić information content (AvgIpc) is 2.38. The highest BCUT2D eigenvalue weighted by atomic mass is 16.2. The van der Waals surface area contributed by atoms with Crippen LogP contribution in [0.4, 0.5) is 16.2 Å². The minimum Gasteiger partial charge on any atom is -0.374 e. The third-order valence-corrected chi connectivity index (χ3v) is 2.53. The van der Waals surface area contributed by atoms with E-state index in [-0.39, 0.29) is 5.91 Å². The number of amides is 4. The standard InChI is InChI=1S/C14H20N4O3/c1-4-15-14(21)18-13(20)9(2)16-11-6-5-7-12(8-11)17-10(3)19/h5-9,16H,4H2,1-3H3,(H,17,19)(H2,15,18,20,21)/t9-/m0/s1. The Morgan fingerprint density at radius 3 is 2.48 bits per heavy atom. The van der Waals surface area contributed by atoms with Crippen molar-refractivity contribution in [1.82, 2.24) is 10.6 Å². The van der Waals surface area contributed by atoms with Crippen LogP contribution >= 0.6 is 0 Å². The molecule has 0 fully saturated rings. The second-order valence-electron chi connectivity index (χ2n) is 4.48. The second kappa shape index (κ2) is 7.88. The maximum absolute atomic E-state index is 11.8. The first-order chi connectivity index (χ1) is 9.92. The molecule has 1 aromatic rings. The molecule has 0 heterocycles. The van der Waals surface area contributed by atoms with E-state index < -0.39 is 18.0 Å². The molecule has 0 unspecified atom stereocenters. The number of imide groups is 1. The molecule has 0 aliphatic carbocycles. The van der Waals surface area contributed by atoms with Gasteiger partial charge in [0.1, 0.15) is 6.04 Å². The van der Waals surface area contributed by atoms with Gasteiger partial charge in [0, 0.05) is 24.8 Å². The molecule has 1 rings (SSSR count). The Balaban J connectivity index is 2.61. The third-order valence-electron chi connectivity index (χ3n) is 2.53. The molecule has 0 spiro atoms. The minimum absolute atomic E-state index is 0.172. The van der Waals surface area contributed by atoms with Crippen molar-refractivity contribution in [2.24, 2.45) is 0 Å². The van der Waals surface area contributed by atoms with Crippen LogP contribution in [0.5, 0.6) is 0 Å². The molecular formula is C14H20N4O3. The first-order valence-corrected chi connectivity index (χ1v) is 6.65. The molecule has 1 aromatic carbocycles. The van der Waals surface area contributed by atoms with E-state index in [1.165, 1.54) is 6.92 Å². The summed E-state index contributed by atoms with van der Waals surface area (Å²) in [6.45, 7) is 5.26. The normalized spacial score (nSPS) is 11.2. The van der Waals surface area contributed by atoms with E-state index in [4.69, 9.17) is 0 Å². The fraction of sp³-hybridized carbons (Fsp3) is 0.357. The fourth-order valence-corrected chi connectivity index (χ4v) is 1.63. The summed E-state index contributed by atoms with van der Waals surface area (Å²) in [5.74, 6) is -0.611. The monoisotopic (exact) mass is 292 g/mol. The molecule has 4 amide bonds. The minimum atomic E-state index is -0.597. The van der Waals surface area contributed by atoms with Gasteiger partial charge in [0.2, 0.25) is 11.8 Å². The summed E-state index contributed by atoms with van der Waals surface area (Å²) in [7, 11) is 0. The van der Waals surface area contributed by atoms with Crippen LogP contribution in [0.15, 0.2) is 24.3 Å². The molecule has 1 atom stereocenters. The van der Waals surface area contributed by atoms with Gasteiger partial charge in [-0.05, 0) is 32.0 Å². The van der Waals surface area contributed by atoms with Gasteiger partial charge in [-0.3, -0.25) is 14.9 Å². The number of urea groups is 1. The lowest BCUT2D eigenvalue weighted by Crippen LogP contribution is -2.45. The Morgan fingerprint density at radius 1 is 1.19 bits per heavy atom. The van der Waals surface area contributed by atoms with Crippen molar-refractivity contribution in [1.29, 1.82) is 0 Å². The van der Waals surface area contributed by atoms with Gasteiger partial charge in [-0.2, -0.15) is 0 Å². The smallest absolute Gasteiger partial charge is 0.321 e. The highest BCUT2D eigenvalue weighted by Crippen LogP contribution is 2.15. The van der Waals surface area contributed by atoms with Crippen molar-refractivity contribution < 1.29 is 14.4 Å². The molecule has 0 aliphatic heterocycles. The number of benzene rings is 1. The predicted molar refractivity (Wildman–Crippen MR) is 81.0 cm³/mol. The molecular weight excluding hydrogens is 272 g/mol. The van der Waals surface area contributed by atoms with Crippen molar-refractivity contribution in [3.05, 3.63) is 24.3 Å². The molecule has 0 saturated heterocycles. The quantitative estimate of drug-likeness (QED) is 0.657. The number of carbonyl (C=O) groups is 3. The summed E-state index contributed by atoms with van der Waals surface area (Å²) < 4.78 is 0. The molecule has 0 bridgehead atoms. The van der Waals surface area contributed by atoms with Gasteiger partial charge in [0.15, 0.2) is 0 Å². The lowest BCUT2D eigenvalue weighted by molar-refractivity contribution is -0.120. The molecule has 0 radical (unpaired) electrons. The third kappa shape index (κ3) is 5.94. The van der Waals surface area contributed by atoms with E-state index in [2.05, 4.69) is 21.3 Å². The van der Waals surface area contributed by atoms with E-state index in [0.29, 0.717) is 17.9 Å². The van der Waals surface area contributed by atoms with Crippen LogP contribution in [0.25, 0.3) is 0 Å². The number of rotatable bonds is 5. The van der Waals surface area contributed by atoms with Crippen molar-refractivity contribution in [2.75, 3.05) is 17.2 Å². The van der Waals surface area contributed by atoms with Crippen LogP contribution in [0, 0.1) is 0 Å². The zero-order chi connectivity index (χ0) is 15.8. The van der Waals surface area contributed by atoms with Crippen LogP contribution in [0.2, 0.25) is 0 Å². The van der Waals surface area contributed by atoms with E-state index in [9.17, 15) is 14.4 Å².